The van der Waals surface area contributed by atoms with Gasteiger partial charge in [-0.05, 0) is 67.4 Å². The highest BCUT2D eigenvalue weighted by molar-refractivity contribution is 7.91. The number of rotatable bonds is 6. The van der Waals surface area contributed by atoms with E-state index < -0.39 is 15.3 Å². The summed E-state index contributed by atoms with van der Waals surface area (Å²) in [5, 5.41) is 0.286. The summed E-state index contributed by atoms with van der Waals surface area (Å²) < 4.78 is 39.2. The Morgan fingerprint density at radius 2 is 1.52 bits per heavy atom. The Kier molecular flexibility index (Phi) is 5.99. The largest absolute Gasteiger partial charge is 0.497 e. The van der Waals surface area contributed by atoms with Gasteiger partial charge in [-0.2, -0.15) is 0 Å². The van der Waals surface area contributed by atoms with Gasteiger partial charge in [-0.3, -0.25) is 4.79 Å². The smallest absolute Gasteiger partial charge is 0.211 e. The molecule has 1 heterocycles. The monoisotopic (exact) mass is 463 g/mol. The van der Waals surface area contributed by atoms with Gasteiger partial charge in [0.25, 0.3) is 0 Å². The molecular formula is C26H25NO5S. The number of ether oxygens (including phenoxy) is 2. The number of methoxy groups -OCH3 is 2. The molecule has 0 aliphatic rings. The van der Waals surface area contributed by atoms with E-state index in [9.17, 15) is 13.2 Å². The van der Waals surface area contributed by atoms with Crippen LogP contribution in [0.15, 0.2) is 81.4 Å². The third kappa shape index (κ3) is 4.24. The molecule has 3 aromatic carbocycles. The van der Waals surface area contributed by atoms with E-state index in [-0.39, 0.29) is 15.2 Å². The fourth-order valence-electron chi connectivity index (χ4n) is 3.84. The van der Waals surface area contributed by atoms with Crippen LogP contribution in [-0.2, 0) is 16.4 Å². The van der Waals surface area contributed by atoms with Gasteiger partial charge in [0.1, 0.15) is 16.4 Å². The molecule has 0 saturated carbocycles. The van der Waals surface area contributed by atoms with Crippen LogP contribution in [0, 0.1) is 13.8 Å². The summed E-state index contributed by atoms with van der Waals surface area (Å²) in [4.78, 5) is 13.1. The highest BCUT2D eigenvalue weighted by Gasteiger charge is 2.24. The second-order valence-corrected chi connectivity index (χ2v) is 9.86. The first-order valence-corrected chi connectivity index (χ1v) is 11.9. The van der Waals surface area contributed by atoms with E-state index in [1.807, 2.05) is 30.5 Å². The van der Waals surface area contributed by atoms with Gasteiger partial charge in [0, 0.05) is 12.7 Å². The van der Waals surface area contributed by atoms with Crippen molar-refractivity contribution in [3.05, 3.63) is 93.8 Å². The molecule has 7 heteroatoms. The molecule has 6 nitrogen and oxygen atoms in total. The first-order chi connectivity index (χ1) is 15.7. The van der Waals surface area contributed by atoms with Gasteiger partial charge in [-0.1, -0.05) is 23.8 Å². The van der Waals surface area contributed by atoms with Crippen LogP contribution in [0.3, 0.4) is 0 Å². The van der Waals surface area contributed by atoms with Crippen LogP contribution in [0.1, 0.15) is 16.7 Å². The normalized spacial score (nSPS) is 11.5. The molecule has 170 valence electrons. The zero-order valence-electron chi connectivity index (χ0n) is 19.0. The Morgan fingerprint density at radius 3 is 2.18 bits per heavy atom. The van der Waals surface area contributed by atoms with Gasteiger partial charge in [-0.15, -0.1) is 0 Å². The van der Waals surface area contributed by atoms with Gasteiger partial charge < -0.3 is 14.0 Å². The van der Waals surface area contributed by atoms with Crippen LogP contribution in [0.25, 0.3) is 10.9 Å². The maximum absolute atomic E-state index is 13.5. The molecule has 0 radical (unpaired) electrons. The minimum absolute atomic E-state index is 0.0286. The van der Waals surface area contributed by atoms with Crippen LogP contribution >= 0.6 is 0 Å². The summed E-state index contributed by atoms with van der Waals surface area (Å²) in [5.41, 5.74) is 3.31. The third-order valence-electron chi connectivity index (χ3n) is 5.76. The van der Waals surface area contributed by atoms with E-state index in [0.717, 1.165) is 16.7 Å². The Balaban J connectivity index is 1.97. The van der Waals surface area contributed by atoms with Crippen molar-refractivity contribution in [2.75, 3.05) is 14.2 Å². The van der Waals surface area contributed by atoms with Crippen LogP contribution in [-0.4, -0.2) is 27.2 Å². The quantitative estimate of drug-likeness (QED) is 0.420. The molecule has 4 rings (SSSR count). The first-order valence-electron chi connectivity index (χ1n) is 10.4. The van der Waals surface area contributed by atoms with E-state index in [0.29, 0.717) is 23.6 Å². The second-order valence-electron chi connectivity index (χ2n) is 7.94. The lowest BCUT2D eigenvalue weighted by molar-refractivity contribution is 0.414. The molecule has 0 atom stereocenters. The van der Waals surface area contributed by atoms with Crippen molar-refractivity contribution in [3.63, 3.8) is 0 Å². The second kappa shape index (κ2) is 8.75. The highest BCUT2D eigenvalue weighted by atomic mass is 32.2. The Labute approximate surface area is 192 Å². The van der Waals surface area contributed by atoms with Crippen LogP contribution in [0.4, 0.5) is 0 Å². The maximum Gasteiger partial charge on any atom is 0.211 e. The molecule has 0 N–H and O–H groups in total. The SMILES string of the molecule is COc1ccc(S(=O)(=O)c2cn(Cc3cc(C)ccc3C)c3ccc(OC)cc3c2=O)cc1. The average Bonchev–Trinajstić information content (AvgIpc) is 2.82. The Bertz CT molecular complexity index is 1500. The topological polar surface area (TPSA) is 74.6 Å². The van der Waals surface area contributed by atoms with Crippen molar-refractivity contribution in [3.8, 4) is 11.5 Å². The van der Waals surface area contributed by atoms with E-state index in [1.165, 1.54) is 32.5 Å². The lowest BCUT2D eigenvalue weighted by Crippen LogP contribution is -2.20. The summed E-state index contributed by atoms with van der Waals surface area (Å²) in [6.07, 6.45) is 1.44. The van der Waals surface area contributed by atoms with Crippen molar-refractivity contribution in [2.24, 2.45) is 0 Å². The minimum Gasteiger partial charge on any atom is -0.497 e. The van der Waals surface area contributed by atoms with Crippen molar-refractivity contribution >= 4 is 20.7 Å². The molecule has 0 saturated heterocycles. The van der Waals surface area contributed by atoms with Crippen molar-refractivity contribution in [1.29, 1.82) is 0 Å². The molecule has 0 fully saturated rings. The molecule has 0 aliphatic carbocycles. The van der Waals surface area contributed by atoms with Crippen molar-refractivity contribution < 1.29 is 17.9 Å². The van der Waals surface area contributed by atoms with E-state index >= 15 is 0 Å². The number of hydrogen-bond donors (Lipinski definition) is 0. The number of aromatic nitrogens is 1. The molecule has 0 aliphatic heterocycles. The number of nitrogens with zero attached hydrogens (tertiary/aromatic N) is 1. The van der Waals surface area contributed by atoms with Gasteiger partial charge in [0.2, 0.25) is 15.3 Å². The minimum atomic E-state index is -4.07. The number of benzene rings is 3. The van der Waals surface area contributed by atoms with E-state index in [1.54, 1.807) is 30.3 Å². The molecule has 0 bridgehead atoms. The highest BCUT2D eigenvalue weighted by Crippen LogP contribution is 2.26. The molecule has 33 heavy (non-hydrogen) atoms. The number of hydrogen-bond acceptors (Lipinski definition) is 5. The standard InChI is InChI=1S/C26H25NO5S/c1-17-5-6-18(2)19(13-17)15-27-16-25(26(28)23-14-21(32-4)9-12-24(23)27)33(29,30)22-10-7-20(31-3)8-11-22/h5-14,16H,15H2,1-4H3. The van der Waals surface area contributed by atoms with E-state index in [2.05, 4.69) is 6.07 Å². The fourth-order valence-corrected chi connectivity index (χ4v) is 5.20. The van der Waals surface area contributed by atoms with Crippen LogP contribution in [0.2, 0.25) is 0 Å². The van der Waals surface area contributed by atoms with Gasteiger partial charge in [0.05, 0.1) is 30.0 Å². The fraction of sp³-hybridized carbons (Fsp3) is 0.192. The average molecular weight is 464 g/mol. The lowest BCUT2D eigenvalue weighted by Gasteiger charge is -2.16. The van der Waals surface area contributed by atoms with Gasteiger partial charge in [-0.25, -0.2) is 8.42 Å². The summed E-state index contributed by atoms with van der Waals surface area (Å²) in [6, 6.07) is 17.3. The molecular weight excluding hydrogens is 438 g/mol. The number of pyridine rings is 1. The first kappa shape index (κ1) is 22.6. The zero-order valence-corrected chi connectivity index (χ0v) is 19.8. The summed E-state index contributed by atoms with van der Waals surface area (Å²) in [5.74, 6) is 1.02. The Hall–Kier alpha value is -3.58. The predicted octanol–water partition coefficient (Wildman–Crippen LogP) is 4.52. The van der Waals surface area contributed by atoms with Crippen LogP contribution < -0.4 is 14.9 Å². The maximum atomic E-state index is 13.5. The summed E-state index contributed by atoms with van der Waals surface area (Å²) >= 11 is 0. The molecule has 0 amide bonds. The number of fused-ring (bicyclic) bond motifs is 1. The zero-order chi connectivity index (χ0) is 23.8. The summed E-state index contributed by atoms with van der Waals surface area (Å²) in [7, 11) is -1.05. The summed E-state index contributed by atoms with van der Waals surface area (Å²) in [6.45, 7) is 4.44. The van der Waals surface area contributed by atoms with E-state index in [4.69, 9.17) is 9.47 Å². The lowest BCUT2D eigenvalue weighted by atomic mass is 10.1. The number of sulfone groups is 1. The molecule has 4 aromatic rings. The van der Waals surface area contributed by atoms with Gasteiger partial charge in [0.15, 0.2) is 0 Å². The number of aryl methyl sites for hydroxylation is 2. The molecule has 1 aromatic heterocycles. The van der Waals surface area contributed by atoms with Crippen molar-refractivity contribution in [2.45, 2.75) is 30.2 Å². The van der Waals surface area contributed by atoms with Crippen LogP contribution in [0.5, 0.6) is 11.5 Å². The predicted molar refractivity (Wildman–Crippen MR) is 128 cm³/mol. The van der Waals surface area contributed by atoms with Gasteiger partial charge >= 0.3 is 0 Å². The van der Waals surface area contributed by atoms with Crippen molar-refractivity contribution in [1.82, 2.24) is 4.57 Å². The molecule has 0 unspecified atom stereocenters. The third-order valence-corrected chi connectivity index (χ3v) is 7.52. The Morgan fingerprint density at radius 1 is 0.848 bits per heavy atom. The molecule has 0 spiro atoms.